The van der Waals surface area contributed by atoms with Crippen molar-refractivity contribution in [2.75, 3.05) is 30.3 Å². The molecule has 108 valence electrons. The molecule has 2 rings (SSSR count). The fraction of sp³-hybridized carbons (Fsp3) is 0.571. The van der Waals surface area contributed by atoms with Crippen molar-refractivity contribution in [1.29, 1.82) is 5.26 Å². The number of hydrogen-bond donors (Lipinski definition) is 2. The summed E-state index contributed by atoms with van der Waals surface area (Å²) in [5.74, 6) is 0.411. The van der Waals surface area contributed by atoms with Crippen LogP contribution in [0.4, 0.5) is 10.7 Å². The molecule has 2 heterocycles. The zero-order valence-electron chi connectivity index (χ0n) is 11.9. The van der Waals surface area contributed by atoms with E-state index in [-0.39, 0.29) is 5.91 Å². The van der Waals surface area contributed by atoms with Crippen molar-refractivity contribution in [3.05, 3.63) is 10.4 Å². The highest BCUT2D eigenvalue weighted by Gasteiger charge is 2.26. The SMILES string of the molecule is CCNC(=O)c1sc(N2CCCC(C)C2)c(C#N)c1N. The van der Waals surface area contributed by atoms with Gasteiger partial charge in [-0.1, -0.05) is 6.92 Å². The van der Waals surface area contributed by atoms with Gasteiger partial charge in [0.1, 0.15) is 21.5 Å². The molecule has 0 bridgehead atoms. The minimum absolute atomic E-state index is 0.192. The van der Waals surface area contributed by atoms with Crippen molar-refractivity contribution in [1.82, 2.24) is 5.32 Å². The standard InChI is InChI=1S/C14H20N4OS/c1-3-17-13(19)12-11(16)10(7-15)14(20-12)18-6-4-5-9(2)8-18/h9H,3-6,8,16H2,1-2H3,(H,17,19). The van der Waals surface area contributed by atoms with Gasteiger partial charge < -0.3 is 16.0 Å². The van der Waals surface area contributed by atoms with Gasteiger partial charge in [0.25, 0.3) is 5.91 Å². The number of amides is 1. The van der Waals surface area contributed by atoms with Crippen LogP contribution in [0.5, 0.6) is 0 Å². The molecule has 1 saturated heterocycles. The molecule has 0 radical (unpaired) electrons. The maximum Gasteiger partial charge on any atom is 0.263 e. The third-order valence-electron chi connectivity index (χ3n) is 3.53. The van der Waals surface area contributed by atoms with Crippen molar-refractivity contribution in [3.8, 4) is 6.07 Å². The van der Waals surface area contributed by atoms with Gasteiger partial charge in [-0.05, 0) is 25.7 Å². The Kier molecular flexibility index (Phi) is 4.50. The number of nitrogens with two attached hydrogens (primary N) is 1. The topological polar surface area (TPSA) is 82.2 Å². The molecule has 5 nitrogen and oxygen atoms in total. The molecule has 1 aliphatic heterocycles. The first-order valence-electron chi connectivity index (χ1n) is 6.94. The first kappa shape index (κ1) is 14.7. The number of nitriles is 1. The van der Waals surface area contributed by atoms with Crippen LogP contribution in [0.3, 0.4) is 0 Å². The number of hydrogen-bond acceptors (Lipinski definition) is 5. The van der Waals surface area contributed by atoms with Crippen LogP contribution in [-0.4, -0.2) is 25.5 Å². The van der Waals surface area contributed by atoms with Crippen LogP contribution in [0.15, 0.2) is 0 Å². The molecule has 1 amide bonds. The van der Waals surface area contributed by atoms with Crippen molar-refractivity contribution in [3.63, 3.8) is 0 Å². The quantitative estimate of drug-likeness (QED) is 0.894. The van der Waals surface area contributed by atoms with E-state index in [1.165, 1.54) is 17.8 Å². The van der Waals surface area contributed by atoms with E-state index in [1.54, 1.807) is 0 Å². The van der Waals surface area contributed by atoms with Gasteiger partial charge in [0.15, 0.2) is 0 Å². The lowest BCUT2D eigenvalue weighted by Crippen LogP contribution is -2.34. The van der Waals surface area contributed by atoms with Crippen LogP contribution in [0.2, 0.25) is 0 Å². The highest BCUT2D eigenvalue weighted by molar-refractivity contribution is 7.19. The van der Waals surface area contributed by atoms with E-state index in [2.05, 4.69) is 23.2 Å². The van der Waals surface area contributed by atoms with E-state index < -0.39 is 0 Å². The number of nitrogens with one attached hydrogen (secondary N) is 1. The van der Waals surface area contributed by atoms with Crippen LogP contribution >= 0.6 is 11.3 Å². The lowest BCUT2D eigenvalue weighted by Gasteiger charge is -2.31. The number of piperidine rings is 1. The summed E-state index contributed by atoms with van der Waals surface area (Å²) >= 11 is 1.33. The maximum atomic E-state index is 12.0. The Morgan fingerprint density at radius 3 is 3.00 bits per heavy atom. The number of nitrogens with zero attached hydrogens (tertiary/aromatic N) is 2. The first-order chi connectivity index (χ1) is 9.58. The molecule has 1 aliphatic rings. The number of nitrogen functional groups attached to an aromatic ring is 1. The second-order valence-electron chi connectivity index (χ2n) is 5.19. The zero-order chi connectivity index (χ0) is 14.7. The molecule has 6 heteroatoms. The summed E-state index contributed by atoms with van der Waals surface area (Å²) < 4.78 is 0. The Hall–Kier alpha value is -1.74. The van der Waals surface area contributed by atoms with E-state index in [4.69, 9.17) is 5.73 Å². The van der Waals surface area contributed by atoms with E-state index in [9.17, 15) is 10.1 Å². The lowest BCUT2D eigenvalue weighted by atomic mass is 10.0. The van der Waals surface area contributed by atoms with E-state index in [1.807, 2.05) is 6.92 Å². The molecule has 0 aromatic carbocycles. The number of carbonyl (C=O) groups excluding carboxylic acids is 1. The van der Waals surface area contributed by atoms with Crippen LogP contribution in [0, 0.1) is 17.2 Å². The molecule has 1 atom stereocenters. The molecule has 0 aliphatic carbocycles. The van der Waals surface area contributed by atoms with Crippen LogP contribution in [0.25, 0.3) is 0 Å². The monoisotopic (exact) mass is 292 g/mol. The summed E-state index contributed by atoms with van der Waals surface area (Å²) in [6, 6.07) is 2.16. The summed E-state index contributed by atoms with van der Waals surface area (Å²) in [4.78, 5) is 14.6. The zero-order valence-corrected chi connectivity index (χ0v) is 12.7. The summed E-state index contributed by atoms with van der Waals surface area (Å²) in [6.07, 6.45) is 2.32. The van der Waals surface area contributed by atoms with Gasteiger partial charge in [-0.25, -0.2) is 0 Å². The Balaban J connectivity index is 2.36. The van der Waals surface area contributed by atoms with Crippen LogP contribution < -0.4 is 16.0 Å². The second-order valence-corrected chi connectivity index (χ2v) is 6.19. The minimum Gasteiger partial charge on any atom is -0.396 e. The second kappa shape index (κ2) is 6.14. The maximum absolute atomic E-state index is 12.0. The first-order valence-corrected chi connectivity index (χ1v) is 7.75. The summed E-state index contributed by atoms with van der Waals surface area (Å²) in [6.45, 7) is 6.46. The summed E-state index contributed by atoms with van der Waals surface area (Å²) in [5.41, 5.74) is 6.75. The van der Waals surface area contributed by atoms with Crippen molar-refractivity contribution in [2.45, 2.75) is 26.7 Å². The Morgan fingerprint density at radius 1 is 1.65 bits per heavy atom. The van der Waals surface area contributed by atoms with Gasteiger partial charge in [0.2, 0.25) is 0 Å². The van der Waals surface area contributed by atoms with Gasteiger partial charge in [-0.15, -0.1) is 11.3 Å². The predicted molar refractivity (Wildman–Crippen MR) is 82.1 cm³/mol. The summed E-state index contributed by atoms with van der Waals surface area (Å²) in [7, 11) is 0. The van der Waals surface area contributed by atoms with Gasteiger partial charge in [-0.2, -0.15) is 5.26 Å². The molecular formula is C14H20N4OS. The van der Waals surface area contributed by atoms with Crippen LogP contribution in [0.1, 0.15) is 41.9 Å². The molecule has 1 aromatic rings. The fourth-order valence-electron chi connectivity index (χ4n) is 2.55. The largest absolute Gasteiger partial charge is 0.396 e. The van der Waals surface area contributed by atoms with E-state index in [0.29, 0.717) is 28.6 Å². The van der Waals surface area contributed by atoms with Gasteiger partial charge in [0.05, 0.1) is 5.69 Å². The predicted octanol–water partition coefficient (Wildman–Crippen LogP) is 2.19. The molecular weight excluding hydrogens is 272 g/mol. The molecule has 1 fully saturated rings. The Morgan fingerprint density at radius 2 is 2.40 bits per heavy atom. The molecule has 1 unspecified atom stereocenters. The van der Waals surface area contributed by atoms with Gasteiger partial charge >= 0.3 is 0 Å². The fourth-order valence-corrected chi connectivity index (χ4v) is 3.67. The highest BCUT2D eigenvalue weighted by atomic mass is 32.1. The van der Waals surface area contributed by atoms with Crippen LogP contribution in [-0.2, 0) is 0 Å². The third kappa shape index (κ3) is 2.73. The number of thiophene rings is 1. The van der Waals surface area contributed by atoms with Gasteiger partial charge in [-0.3, -0.25) is 4.79 Å². The summed E-state index contributed by atoms with van der Waals surface area (Å²) in [5, 5.41) is 12.9. The molecule has 1 aromatic heterocycles. The Bertz CT molecular complexity index is 546. The average Bonchev–Trinajstić information content (AvgIpc) is 2.76. The number of anilines is 2. The molecule has 3 N–H and O–H groups in total. The van der Waals surface area contributed by atoms with Gasteiger partial charge in [0, 0.05) is 19.6 Å². The third-order valence-corrected chi connectivity index (χ3v) is 4.79. The smallest absolute Gasteiger partial charge is 0.263 e. The molecule has 0 saturated carbocycles. The van der Waals surface area contributed by atoms with E-state index in [0.717, 1.165) is 24.5 Å². The lowest BCUT2D eigenvalue weighted by molar-refractivity contribution is 0.0960. The molecule has 20 heavy (non-hydrogen) atoms. The minimum atomic E-state index is -0.192. The van der Waals surface area contributed by atoms with Crippen molar-refractivity contribution in [2.24, 2.45) is 5.92 Å². The van der Waals surface area contributed by atoms with Crippen molar-refractivity contribution >= 4 is 27.9 Å². The number of carbonyl (C=O) groups is 1. The normalized spacial score (nSPS) is 18.6. The average molecular weight is 292 g/mol. The highest BCUT2D eigenvalue weighted by Crippen LogP contribution is 2.39. The number of rotatable bonds is 3. The molecule has 0 spiro atoms. The van der Waals surface area contributed by atoms with E-state index >= 15 is 0 Å². The Labute approximate surface area is 123 Å². The van der Waals surface area contributed by atoms with Crippen molar-refractivity contribution < 1.29 is 4.79 Å².